The molecule has 2 N–H and O–H groups in total. The van der Waals surface area contributed by atoms with E-state index in [1.54, 1.807) is 26.0 Å². The summed E-state index contributed by atoms with van der Waals surface area (Å²) in [7, 11) is -3.88. The van der Waals surface area contributed by atoms with Gasteiger partial charge in [-0.05, 0) is 42.5 Å². The Morgan fingerprint density at radius 2 is 1.59 bits per heavy atom. The zero-order valence-electron chi connectivity index (χ0n) is 18.6. The standard InChI is InChI=1S/C25H28N2O3S2/c1-17(2)25(28)26-22-16-21(13-14-23(22)31-4)32(29,30)27-24(19-10-6-5-7-11-19)20-12-8-9-18(3)15-20/h5-17,24,27H,1-4H3,(H,26,28)/t24-/m0/s1. The van der Waals surface area contributed by atoms with E-state index in [2.05, 4.69) is 10.0 Å². The maximum atomic E-state index is 13.4. The zero-order valence-corrected chi connectivity index (χ0v) is 20.3. The number of hydrogen-bond acceptors (Lipinski definition) is 4. The van der Waals surface area contributed by atoms with Crippen LogP contribution in [0.3, 0.4) is 0 Å². The molecule has 168 valence electrons. The highest BCUT2D eigenvalue weighted by molar-refractivity contribution is 7.98. The predicted octanol–water partition coefficient (Wildman–Crippen LogP) is 5.38. The number of hydrogen-bond donors (Lipinski definition) is 2. The quantitative estimate of drug-likeness (QED) is 0.435. The van der Waals surface area contributed by atoms with E-state index in [4.69, 9.17) is 0 Å². The number of carbonyl (C=O) groups excluding carboxylic acids is 1. The topological polar surface area (TPSA) is 75.3 Å². The van der Waals surface area contributed by atoms with Crippen molar-refractivity contribution < 1.29 is 13.2 Å². The summed E-state index contributed by atoms with van der Waals surface area (Å²) >= 11 is 1.45. The third kappa shape index (κ3) is 5.79. The van der Waals surface area contributed by atoms with Crippen LogP contribution < -0.4 is 10.0 Å². The molecule has 3 aromatic carbocycles. The minimum Gasteiger partial charge on any atom is -0.325 e. The Bertz CT molecular complexity index is 1190. The highest BCUT2D eigenvalue weighted by Gasteiger charge is 2.24. The summed E-state index contributed by atoms with van der Waals surface area (Å²) < 4.78 is 29.7. The van der Waals surface area contributed by atoms with Gasteiger partial charge in [0.15, 0.2) is 0 Å². The van der Waals surface area contributed by atoms with Gasteiger partial charge in [0.2, 0.25) is 15.9 Å². The number of rotatable bonds is 8. The van der Waals surface area contributed by atoms with Gasteiger partial charge in [0, 0.05) is 10.8 Å². The summed E-state index contributed by atoms with van der Waals surface area (Å²) in [5, 5.41) is 2.85. The van der Waals surface area contributed by atoms with Gasteiger partial charge in [-0.1, -0.05) is 74.0 Å². The first-order valence-electron chi connectivity index (χ1n) is 10.3. The lowest BCUT2D eigenvalue weighted by molar-refractivity contribution is -0.118. The van der Waals surface area contributed by atoms with E-state index in [9.17, 15) is 13.2 Å². The van der Waals surface area contributed by atoms with E-state index >= 15 is 0 Å². The summed E-state index contributed by atoms with van der Waals surface area (Å²) in [5.41, 5.74) is 3.24. The Kier molecular flexibility index (Phi) is 7.77. The van der Waals surface area contributed by atoms with Crippen LogP contribution in [-0.4, -0.2) is 20.6 Å². The average Bonchev–Trinajstić information content (AvgIpc) is 2.78. The second-order valence-electron chi connectivity index (χ2n) is 7.89. The fourth-order valence-corrected chi connectivity index (χ4v) is 5.05. The van der Waals surface area contributed by atoms with Gasteiger partial charge in [-0.15, -0.1) is 11.8 Å². The lowest BCUT2D eigenvalue weighted by Crippen LogP contribution is -2.29. The minimum absolute atomic E-state index is 0.0999. The maximum absolute atomic E-state index is 13.4. The summed E-state index contributed by atoms with van der Waals surface area (Å²) in [4.78, 5) is 13.1. The van der Waals surface area contributed by atoms with Crippen molar-refractivity contribution in [3.8, 4) is 0 Å². The maximum Gasteiger partial charge on any atom is 0.241 e. The molecule has 5 nitrogen and oxygen atoms in total. The van der Waals surface area contributed by atoms with Gasteiger partial charge >= 0.3 is 0 Å². The van der Waals surface area contributed by atoms with Gasteiger partial charge in [-0.2, -0.15) is 4.72 Å². The summed E-state index contributed by atoms with van der Waals surface area (Å²) in [6.07, 6.45) is 1.88. The average molecular weight is 469 g/mol. The highest BCUT2D eigenvalue weighted by Crippen LogP contribution is 2.30. The molecule has 3 aromatic rings. The number of aryl methyl sites for hydroxylation is 1. The number of nitrogens with one attached hydrogen (secondary N) is 2. The highest BCUT2D eigenvalue weighted by atomic mass is 32.2. The lowest BCUT2D eigenvalue weighted by Gasteiger charge is -2.21. The second-order valence-corrected chi connectivity index (χ2v) is 10.4. The first-order chi connectivity index (χ1) is 15.2. The zero-order chi connectivity index (χ0) is 23.3. The van der Waals surface area contributed by atoms with Gasteiger partial charge in [-0.3, -0.25) is 4.79 Å². The first kappa shape index (κ1) is 24.0. The molecule has 7 heteroatoms. The molecule has 1 atom stereocenters. The Morgan fingerprint density at radius 3 is 2.22 bits per heavy atom. The van der Waals surface area contributed by atoms with Gasteiger partial charge < -0.3 is 5.32 Å². The normalized spacial score (nSPS) is 12.5. The molecule has 0 aliphatic rings. The first-order valence-corrected chi connectivity index (χ1v) is 13.0. The summed E-state index contributed by atoms with van der Waals surface area (Å²) in [6, 6.07) is 21.5. The molecule has 1 amide bonds. The van der Waals surface area contributed by atoms with E-state index < -0.39 is 16.1 Å². The van der Waals surface area contributed by atoms with Crippen molar-refractivity contribution >= 4 is 33.4 Å². The molecule has 32 heavy (non-hydrogen) atoms. The van der Waals surface area contributed by atoms with E-state index in [0.29, 0.717) is 5.69 Å². The molecule has 0 bridgehead atoms. The van der Waals surface area contributed by atoms with Gasteiger partial charge in [0.25, 0.3) is 0 Å². The number of anilines is 1. The SMILES string of the molecule is CSc1ccc(S(=O)(=O)N[C@@H](c2ccccc2)c2cccc(C)c2)cc1NC(=O)C(C)C. The van der Waals surface area contributed by atoms with Gasteiger partial charge in [0.05, 0.1) is 16.6 Å². The van der Waals surface area contributed by atoms with Crippen LogP contribution in [-0.2, 0) is 14.8 Å². The molecule has 0 saturated carbocycles. The van der Waals surface area contributed by atoms with Crippen molar-refractivity contribution in [2.45, 2.75) is 36.6 Å². The largest absolute Gasteiger partial charge is 0.325 e. The number of carbonyl (C=O) groups is 1. The number of sulfonamides is 1. The van der Waals surface area contributed by atoms with Crippen LogP contribution >= 0.6 is 11.8 Å². The summed E-state index contributed by atoms with van der Waals surface area (Å²) in [5.74, 6) is -0.378. The molecule has 0 fully saturated rings. The molecular formula is C25H28N2O3S2. The Hall–Kier alpha value is -2.61. The van der Waals surface area contributed by atoms with Crippen LogP contribution in [0.4, 0.5) is 5.69 Å². The van der Waals surface area contributed by atoms with Crippen molar-refractivity contribution in [1.29, 1.82) is 0 Å². The smallest absolute Gasteiger partial charge is 0.241 e. The molecule has 0 spiro atoms. The fraction of sp³-hybridized carbons (Fsp3) is 0.240. The van der Waals surface area contributed by atoms with E-state index in [1.807, 2.05) is 67.8 Å². The van der Waals surface area contributed by atoms with Crippen molar-refractivity contribution in [3.63, 3.8) is 0 Å². The van der Waals surface area contributed by atoms with Crippen LogP contribution in [0.15, 0.2) is 82.6 Å². The number of benzene rings is 3. The third-order valence-corrected chi connectivity index (χ3v) is 7.26. The molecule has 3 rings (SSSR count). The molecule has 0 aliphatic heterocycles. The third-order valence-electron chi connectivity index (χ3n) is 5.04. The fourth-order valence-electron chi connectivity index (χ4n) is 3.28. The van der Waals surface area contributed by atoms with Gasteiger partial charge in [-0.25, -0.2) is 8.42 Å². The molecule has 0 aliphatic carbocycles. The Balaban J connectivity index is 2.01. The van der Waals surface area contributed by atoms with Crippen molar-refractivity contribution in [1.82, 2.24) is 4.72 Å². The van der Waals surface area contributed by atoms with Crippen LogP contribution in [0.25, 0.3) is 0 Å². The van der Waals surface area contributed by atoms with Crippen LogP contribution in [0, 0.1) is 12.8 Å². The van der Waals surface area contributed by atoms with Gasteiger partial charge in [0.1, 0.15) is 0 Å². The van der Waals surface area contributed by atoms with E-state index in [-0.39, 0.29) is 16.7 Å². The van der Waals surface area contributed by atoms with E-state index in [1.165, 1.54) is 17.8 Å². The number of thioether (sulfide) groups is 1. The van der Waals surface area contributed by atoms with Crippen molar-refractivity contribution in [2.75, 3.05) is 11.6 Å². The van der Waals surface area contributed by atoms with Crippen molar-refractivity contribution in [2.24, 2.45) is 5.92 Å². The van der Waals surface area contributed by atoms with Crippen LogP contribution in [0.5, 0.6) is 0 Å². The second kappa shape index (κ2) is 10.3. The van der Waals surface area contributed by atoms with Crippen LogP contribution in [0.1, 0.15) is 36.6 Å². The molecule has 0 radical (unpaired) electrons. The molecule has 0 unspecified atom stereocenters. The minimum atomic E-state index is -3.88. The number of amides is 1. The predicted molar refractivity (Wildman–Crippen MR) is 131 cm³/mol. The molecule has 0 heterocycles. The lowest BCUT2D eigenvalue weighted by atomic mass is 9.98. The summed E-state index contributed by atoms with van der Waals surface area (Å²) in [6.45, 7) is 5.57. The van der Waals surface area contributed by atoms with Crippen molar-refractivity contribution in [3.05, 3.63) is 89.5 Å². The Labute approximate surface area is 194 Å². The molecular weight excluding hydrogens is 440 g/mol. The monoisotopic (exact) mass is 468 g/mol. The van der Waals surface area contributed by atoms with Crippen LogP contribution in [0.2, 0.25) is 0 Å². The van der Waals surface area contributed by atoms with E-state index in [0.717, 1.165) is 21.6 Å². The molecule has 0 aromatic heterocycles. The molecule has 0 saturated heterocycles. The Morgan fingerprint density at radius 1 is 0.906 bits per heavy atom.